The first-order valence-electron chi connectivity index (χ1n) is 4.15. The van der Waals surface area contributed by atoms with Gasteiger partial charge in [0.1, 0.15) is 0 Å². The van der Waals surface area contributed by atoms with E-state index in [0.29, 0.717) is 18.5 Å². The highest BCUT2D eigenvalue weighted by Crippen LogP contribution is 2.06. The molecule has 0 radical (unpaired) electrons. The minimum absolute atomic E-state index is 0.255. The number of nitrogens with two attached hydrogens (primary N) is 1. The first-order chi connectivity index (χ1) is 5.49. The van der Waals surface area contributed by atoms with Gasteiger partial charge in [-0.2, -0.15) is 0 Å². The molecule has 0 rings (SSSR count). The molecule has 0 saturated heterocycles. The predicted molar refractivity (Wildman–Crippen MR) is 50.3 cm³/mol. The van der Waals surface area contributed by atoms with Crippen molar-refractivity contribution in [2.75, 3.05) is 13.6 Å². The second-order valence-corrected chi connectivity index (χ2v) is 3.49. The molecule has 1 atom stereocenters. The summed E-state index contributed by atoms with van der Waals surface area (Å²) in [6, 6.07) is 0.435. The Morgan fingerprint density at radius 3 is 2.33 bits per heavy atom. The number of hydrogen-bond acceptors (Lipinski definition) is 3. The SMILES string of the molecule is CC(C)C(C)N(C)C/C(N)=N/O. The van der Waals surface area contributed by atoms with Gasteiger partial charge in [0, 0.05) is 6.04 Å². The highest BCUT2D eigenvalue weighted by molar-refractivity contribution is 5.81. The van der Waals surface area contributed by atoms with Gasteiger partial charge in [-0.05, 0) is 19.9 Å². The van der Waals surface area contributed by atoms with Crippen molar-refractivity contribution in [3.63, 3.8) is 0 Å². The Hall–Kier alpha value is -0.770. The minimum Gasteiger partial charge on any atom is -0.409 e. The molecule has 12 heavy (non-hydrogen) atoms. The van der Waals surface area contributed by atoms with Gasteiger partial charge in [-0.1, -0.05) is 19.0 Å². The van der Waals surface area contributed by atoms with Crippen LogP contribution in [0, 0.1) is 5.92 Å². The van der Waals surface area contributed by atoms with Crippen molar-refractivity contribution in [1.82, 2.24) is 4.90 Å². The zero-order chi connectivity index (χ0) is 9.72. The Morgan fingerprint density at radius 2 is 2.00 bits per heavy atom. The molecular weight excluding hydrogens is 154 g/mol. The first-order valence-corrected chi connectivity index (χ1v) is 4.15. The average molecular weight is 173 g/mol. The Morgan fingerprint density at radius 1 is 1.50 bits per heavy atom. The molecule has 0 bridgehead atoms. The number of hydrogen-bond donors (Lipinski definition) is 2. The zero-order valence-corrected chi connectivity index (χ0v) is 8.28. The summed E-state index contributed by atoms with van der Waals surface area (Å²) in [6.45, 7) is 6.92. The Balaban J connectivity index is 3.95. The molecule has 0 saturated carbocycles. The number of likely N-dealkylation sites (N-methyl/N-ethyl adjacent to an activating group) is 1. The monoisotopic (exact) mass is 173 g/mol. The third-order valence-corrected chi connectivity index (χ3v) is 2.20. The third-order valence-electron chi connectivity index (χ3n) is 2.20. The van der Waals surface area contributed by atoms with E-state index in [-0.39, 0.29) is 5.84 Å². The summed E-state index contributed by atoms with van der Waals surface area (Å²) in [5, 5.41) is 11.3. The van der Waals surface area contributed by atoms with Crippen LogP contribution in [0.25, 0.3) is 0 Å². The lowest BCUT2D eigenvalue weighted by Gasteiger charge is -2.26. The van der Waals surface area contributed by atoms with Crippen LogP contribution in [-0.4, -0.2) is 35.6 Å². The lowest BCUT2D eigenvalue weighted by molar-refractivity contribution is 0.230. The third kappa shape index (κ3) is 3.57. The van der Waals surface area contributed by atoms with E-state index < -0.39 is 0 Å². The Labute approximate surface area is 74.0 Å². The van der Waals surface area contributed by atoms with Crippen LogP contribution < -0.4 is 5.73 Å². The van der Waals surface area contributed by atoms with Crippen LogP contribution >= 0.6 is 0 Å². The molecule has 0 aromatic heterocycles. The van der Waals surface area contributed by atoms with Crippen molar-refractivity contribution in [3.05, 3.63) is 0 Å². The lowest BCUT2D eigenvalue weighted by atomic mass is 10.1. The van der Waals surface area contributed by atoms with Crippen LogP contribution in [0.1, 0.15) is 20.8 Å². The Bertz CT molecular complexity index is 156. The molecule has 0 amide bonds. The molecule has 0 fully saturated rings. The second kappa shape index (κ2) is 4.98. The van der Waals surface area contributed by atoms with Crippen LogP contribution in [0.5, 0.6) is 0 Å². The fourth-order valence-corrected chi connectivity index (χ4v) is 0.940. The van der Waals surface area contributed by atoms with Crippen molar-refractivity contribution < 1.29 is 5.21 Å². The van der Waals surface area contributed by atoms with E-state index in [4.69, 9.17) is 10.9 Å². The molecule has 0 aliphatic carbocycles. The van der Waals surface area contributed by atoms with Crippen molar-refractivity contribution >= 4 is 5.84 Å². The fraction of sp³-hybridized carbons (Fsp3) is 0.875. The lowest BCUT2D eigenvalue weighted by Crippen LogP contribution is -2.39. The standard InChI is InChI=1S/C8H19N3O/c1-6(2)7(3)11(4)5-8(9)10-12/h6-7,12H,5H2,1-4H3,(H2,9,10). The maximum Gasteiger partial charge on any atom is 0.153 e. The molecule has 72 valence electrons. The summed E-state index contributed by atoms with van der Waals surface area (Å²) >= 11 is 0. The number of rotatable bonds is 4. The maximum atomic E-state index is 8.34. The van der Waals surface area contributed by atoms with Gasteiger partial charge in [0.15, 0.2) is 5.84 Å². The van der Waals surface area contributed by atoms with E-state index >= 15 is 0 Å². The summed E-state index contributed by atoms with van der Waals surface area (Å²) in [6.07, 6.45) is 0. The van der Waals surface area contributed by atoms with E-state index in [9.17, 15) is 0 Å². The minimum atomic E-state index is 0.255. The smallest absolute Gasteiger partial charge is 0.153 e. The summed E-state index contributed by atoms with van der Waals surface area (Å²) < 4.78 is 0. The van der Waals surface area contributed by atoms with Gasteiger partial charge in [-0.3, -0.25) is 4.90 Å². The van der Waals surface area contributed by atoms with Crippen LogP contribution in [0.15, 0.2) is 5.16 Å². The molecule has 1 unspecified atom stereocenters. The molecule has 0 aromatic rings. The van der Waals surface area contributed by atoms with Gasteiger partial charge in [0.05, 0.1) is 6.54 Å². The molecular formula is C8H19N3O. The largest absolute Gasteiger partial charge is 0.409 e. The quantitative estimate of drug-likeness (QED) is 0.285. The normalized spacial score (nSPS) is 15.7. The van der Waals surface area contributed by atoms with Gasteiger partial charge in [0.25, 0.3) is 0 Å². The fourth-order valence-electron chi connectivity index (χ4n) is 0.940. The molecule has 0 spiro atoms. The predicted octanol–water partition coefficient (Wildman–Crippen LogP) is 0.709. The van der Waals surface area contributed by atoms with Gasteiger partial charge < -0.3 is 10.9 Å². The van der Waals surface area contributed by atoms with Crippen LogP contribution in [0.4, 0.5) is 0 Å². The molecule has 0 aromatic carbocycles. The topological polar surface area (TPSA) is 61.8 Å². The molecule has 0 aliphatic heterocycles. The summed E-state index contributed by atoms with van der Waals surface area (Å²) in [7, 11) is 1.96. The van der Waals surface area contributed by atoms with E-state index in [0.717, 1.165) is 0 Å². The van der Waals surface area contributed by atoms with E-state index in [2.05, 4.69) is 30.8 Å². The summed E-state index contributed by atoms with van der Waals surface area (Å²) in [5.41, 5.74) is 5.37. The van der Waals surface area contributed by atoms with Gasteiger partial charge in [-0.15, -0.1) is 0 Å². The number of amidine groups is 1. The first kappa shape index (κ1) is 11.2. The van der Waals surface area contributed by atoms with Crippen LogP contribution in [-0.2, 0) is 0 Å². The summed E-state index contributed by atoms with van der Waals surface area (Å²) in [5.74, 6) is 0.825. The van der Waals surface area contributed by atoms with Crippen molar-refractivity contribution in [2.24, 2.45) is 16.8 Å². The van der Waals surface area contributed by atoms with E-state index in [1.165, 1.54) is 0 Å². The highest BCUT2D eigenvalue weighted by atomic mass is 16.4. The average Bonchev–Trinajstić information content (AvgIpc) is 2.02. The highest BCUT2D eigenvalue weighted by Gasteiger charge is 2.13. The van der Waals surface area contributed by atoms with Crippen molar-refractivity contribution in [3.8, 4) is 0 Å². The van der Waals surface area contributed by atoms with E-state index in [1.54, 1.807) is 0 Å². The number of oxime groups is 1. The molecule has 0 aliphatic rings. The van der Waals surface area contributed by atoms with Crippen molar-refractivity contribution in [1.29, 1.82) is 0 Å². The van der Waals surface area contributed by atoms with Crippen LogP contribution in [0.2, 0.25) is 0 Å². The second-order valence-electron chi connectivity index (χ2n) is 3.49. The summed E-state index contributed by atoms with van der Waals surface area (Å²) in [4.78, 5) is 2.06. The van der Waals surface area contributed by atoms with Gasteiger partial charge >= 0.3 is 0 Å². The van der Waals surface area contributed by atoms with E-state index in [1.807, 2.05) is 7.05 Å². The van der Waals surface area contributed by atoms with Crippen molar-refractivity contribution in [2.45, 2.75) is 26.8 Å². The molecule has 0 heterocycles. The maximum absolute atomic E-state index is 8.34. The van der Waals surface area contributed by atoms with Crippen LogP contribution in [0.3, 0.4) is 0 Å². The zero-order valence-electron chi connectivity index (χ0n) is 8.28. The van der Waals surface area contributed by atoms with Gasteiger partial charge in [-0.25, -0.2) is 0 Å². The van der Waals surface area contributed by atoms with Gasteiger partial charge in [0.2, 0.25) is 0 Å². The molecule has 3 N–H and O–H groups in total. The number of nitrogens with zero attached hydrogens (tertiary/aromatic N) is 2. The Kier molecular flexibility index (Phi) is 4.66. The molecule has 4 heteroatoms. The molecule has 4 nitrogen and oxygen atoms in total.